The van der Waals surface area contributed by atoms with Gasteiger partial charge in [0.25, 0.3) is 5.16 Å². The van der Waals surface area contributed by atoms with Gasteiger partial charge in [-0.25, -0.2) is 9.78 Å². The summed E-state index contributed by atoms with van der Waals surface area (Å²) in [5, 5.41) is 24.4. The molecular weight excluding hydrogens is 322 g/mol. The Hall–Kier alpha value is -2.36. The maximum atomic E-state index is 9.53. The van der Waals surface area contributed by atoms with E-state index < -0.39 is 11.9 Å². The first-order valence-corrected chi connectivity index (χ1v) is 7.98. The molecule has 0 saturated heterocycles. The lowest BCUT2D eigenvalue weighted by Crippen LogP contribution is -2.22. The van der Waals surface area contributed by atoms with Gasteiger partial charge in [-0.1, -0.05) is 21.7 Å². The highest BCUT2D eigenvalue weighted by Crippen LogP contribution is 2.09. The number of carboxylic acids is 2. The van der Waals surface area contributed by atoms with Crippen molar-refractivity contribution < 1.29 is 24.8 Å². The molecule has 1 aromatic heterocycles. The predicted octanol–water partition coefficient (Wildman–Crippen LogP) is -0.358. The topological polar surface area (TPSA) is 141 Å². The zero-order chi connectivity index (χ0) is 17.8. The Bertz CT molecular complexity index is 535. The normalized spacial score (nSPS) is 10.1. The molecule has 0 unspecified atom stereocenters. The van der Waals surface area contributed by atoms with Crippen molar-refractivity contribution >= 4 is 35.6 Å². The number of carboxylic acid groups (broad SMARTS) is 2. The Morgan fingerprint density at radius 1 is 1.39 bits per heavy atom. The molecule has 0 radical (unpaired) electrons. The highest BCUT2D eigenvalue weighted by molar-refractivity contribution is 7.98. The second-order valence-electron chi connectivity index (χ2n) is 4.35. The highest BCUT2D eigenvalue weighted by atomic mass is 32.2. The average molecular weight is 343 g/mol. The van der Waals surface area contributed by atoms with Crippen LogP contribution in [0.5, 0.6) is 0 Å². The Morgan fingerprint density at radius 2 is 2.04 bits per heavy atom. The van der Waals surface area contributed by atoms with E-state index in [1.165, 1.54) is 0 Å². The number of nitrogens with one attached hydrogen (secondary N) is 3. The molecule has 0 amide bonds. The summed E-state index contributed by atoms with van der Waals surface area (Å²) in [7, 11) is 0. The van der Waals surface area contributed by atoms with Gasteiger partial charge in [-0.2, -0.15) is 0 Å². The van der Waals surface area contributed by atoms with Crippen molar-refractivity contribution in [1.82, 2.24) is 9.97 Å². The Morgan fingerprint density at radius 3 is 2.43 bits per heavy atom. The van der Waals surface area contributed by atoms with Gasteiger partial charge < -0.3 is 20.3 Å². The van der Waals surface area contributed by atoms with E-state index in [1.54, 1.807) is 11.8 Å². The minimum Gasteiger partial charge on any atom is -0.545 e. The standard InChI is InChI=1S/C9H17N5S.C4H4O4/c1-5-10-7-12-8(11-6(2)3)14-9(13-7)15-4;5-3(6)1-2-4(7)8/h6H,5H2,1-4H3,(H2,10,11,12,13,14);1-2H,(H,5,6)(H,7,8)/b;2-1-. The molecular formula is C13H21N5O4S. The van der Waals surface area contributed by atoms with Crippen LogP contribution in [0.15, 0.2) is 17.3 Å². The molecule has 0 aliphatic rings. The van der Waals surface area contributed by atoms with Gasteiger partial charge >= 0.3 is 17.9 Å². The summed E-state index contributed by atoms with van der Waals surface area (Å²) in [5.41, 5.74) is 0. The molecule has 0 spiro atoms. The Kier molecular flexibility index (Phi) is 10.1. The zero-order valence-corrected chi connectivity index (χ0v) is 14.2. The minimum atomic E-state index is -1.51. The van der Waals surface area contributed by atoms with Crippen LogP contribution in [-0.4, -0.2) is 45.9 Å². The van der Waals surface area contributed by atoms with Crippen LogP contribution in [0, 0.1) is 0 Å². The lowest BCUT2D eigenvalue weighted by atomic mass is 10.4. The first-order chi connectivity index (χ1) is 10.8. The van der Waals surface area contributed by atoms with E-state index >= 15 is 0 Å². The van der Waals surface area contributed by atoms with Crippen LogP contribution in [0.4, 0.5) is 11.9 Å². The largest absolute Gasteiger partial charge is 0.545 e. The number of rotatable bonds is 7. The van der Waals surface area contributed by atoms with E-state index in [2.05, 4.69) is 39.4 Å². The molecule has 0 bridgehead atoms. The number of hydrogen-bond acceptors (Lipinski definition) is 8. The fraction of sp³-hybridized carbons (Fsp3) is 0.462. The molecule has 0 fully saturated rings. The number of carbonyl (C=O) groups excluding carboxylic acids is 1. The molecule has 0 saturated carbocycles. The van der Waals surface area contributed by atoms with Crippen LogP contribution in [0.25, 0.3) is 0 Å². The first kappa shape index (κ1) is 20.6. The third-order valence-corrected chi connectivity index (χ3v) is 2.55. The van der Waals surface area contributed by atoms with E-state index in [0.29, 0.717) is 24.1 Å². The number of nitrogens with zero attached hydrogens (tertiary/aromatic N) is 2. The van der Waals surface area contributed by atoms with E-state index in [9.17, 15) is 14.7 Å². The van der Waals surface area contributed by atoms with Gasteiger partial charge in [-0.05, 0) is 33.1 Å². The van der Waals surface area contributed by atoms with E-state index in [0.717, 1.165) is 17.6 Å². The van der Waals surface area contributed by atoms with Gasteiger partial charge in [-0.3, -0.25) is 5.32 Å². The van der Waals surface area contributed by atoms with Crippen LogP contribution in [0.3, 0.4) is 0 Å². The van der Waals surface area contributed by atoms with Crippen molar-refractivity contribution in [2.24, 2.45) is 0 Å². The molecule has 1 aromatic rings. The summed E-state index contributed by atoms with van der Waals surface area (Å²) in [6, 6.07) is 0.330. The molecule has 10 heteroatoms. The van der Waals surface area contributed by atoms with Crippen molar-refractivity contribution in [3.05, 3.63) is 12.2 Å². The molecule has 1 rings (SSSR count). The van der Waals surface area contributed by atoms with E-state index in [4.69, 9.17) is 5.11 Å². The van der Waals surface area contributed by atoms with Crippen LogP contribution in [0.2, 0.25) is 0 Å². The number of carbonyl (C=O) groups is 2. The maximum absolute atomic E-state index is 9.53. The number of thioether (sulfide) groups is 1. The van der Waals surface area contributed by atoms with Gasteiger partial charge in [0.2, 0.25) is 0 Å². The van der Waals surface area contributed by atoms with Crippen molar-refractivity contribution in [2.45, 2.75) is 32.0 Å². The summed E-state index contributed by atoms with van der Waals surface area (Å²) < 4.78 is 0. The Balaban J connectivity index is 0.000000515. The molecule has 23 heavy (non-hydrogen) atoms. The molecule has 0 atom stereocenters. The third kappa shape index (κ3) is 10.9. The van der Waals surface area contributed by atoms with Crippen molar-refractivity contribution in [2.75, 3.05) is 23.4 Å². The molecule has 1 heterocycles. The summed E-state index contributed by atoms with van der Waals surface area (Å²) in [4.78, 5) is 30.7. The number of H-pyrrole nitrogens is 1. The fourth-order valence-corrected chi connectivity index (χ4v) is 1.57. The summed E-state index contributed by atoms with van der Waals surface area (Å²) in [6.45, 7) is 6.99. The van der Waals surface area contributed by atoms with Gasteiger partial charge in [0.1, 0.15) is 0 Å². The lowest BCUT2D eigenvalue weighted by Gasteiger charge is -2.05. The maximum Gasteiger partial charge on any atom is 0.349 e. The van der Waals surface area contributed by atoms with Crippen LogP contribution in [-0.2, 0) is 9.59 Å². The fourth-order valence-electron chi connectivity index (χ4n) is 1.19. The average Bonchev–Trinajstić information content (AvgIpc) is 2.45. The van der Waals surface area contributed by atoms with Crippen LogP contribution < -0.4 is 20.7 Å². The van der Waals surface area contributed by atoms with Crippen molar-refractivity contribution in [1.29, 1.82) is 0 Å². The molecule has 0 aromatic carbocycles. The van der Waals surface area contributed by atoms with Crippen molar-refractivity contribution in [3.8, 4) is 0 Å². The summed E-state index contributed by atoms with van der Waals surface area (Å²) in [5.74, 6) is -1.40. The molecule has 0 aliphatic heterocycles. The number of aromatic nitrogens is 3. The Labute approximate surface area is 138 Å². The van der Waals surface area contributed by atoms with E-state index in [1.807, 2.05) is 13.2 Å². The minimum absolute atomic E-state index is 0.330. The second kappa shape index (κ2) is 11.2. The van der Waals surface area contributed by atoms with Gasteiger partial charge in [0.05, 0.1) is 5.97 Å². The highest BCUT2D eigenvalue weighted by Gasteiger charge is 2.12. The van der Waals surface area contributed by atoms with Crippen molar-refractivity contribution in [3.63, 3.8) is 0 Å². The quantitative estimate of drug-likeness (QED) is 0.447. The lowest BCUT2D eigenvalue weighted by molar-refractivity contribution is -0.421. The second-order valence-corrected chi connectivity index (χ2v) is 5.15. The number of hydrogen-bond donors (Lipinski definition) is 3. The molecule has 9 nitrogen and oxygen atoms in total. The third-order valence-electron chi connectivity index (χ3n) is 1.97. The van der Waals surface area contributed by atoms with Crippen LogP contribution >= 0.6 is 11.8 Å². The smallest absolute Gasteiger partial charge is 0.349 e. The number of aromatic amines is 1. The molecule has 128 valence electrons. The molecule has 4 N–H and O–H groups in total. The summed E-state index contributed by atoms with van der Waals surface area (Å²) in [6.07, 6.45) is 2.92. The van der Waals surface area contributed by atoms with Gasteiger partial charge in [-0.15, -0.1) is 0 Å². The first-order valence-electron chi connectivity index (χ1n) is 6.76. The SMILES string of the molecule is CCNc1nc(NC(C)C)nc(SC)[nH+]1.O=C([O-])/C=C\C(=O)O. The summed E-state index contributed by atoms with van der Waals surface area (Å²) >= 11 is 1.56. The van der Waals surface area contributed by atoms with Gasteiger partial charge in [0, 0.05) is 18.7 Å². The number of aliphatic carboxylic acids is 2. The molecule has 0 aliphatic carbocycles. The van der Waals surface area contributed by atoms with Gasteiger partial charge in [0.15, 0.2) is 0 Å². The van der Waals surface area contributed by atoms with Crippen LogP contribution in [0.1, 0.15) is 20.8 Å². The van der Waals surface area contributed by atoms with E-state index in [-0.39, 0.29) is 0 Å². The zero-order valence-electron chi connectivity index (χ0n) is 13.4. The number of anilines is 2. The monoisotopic (exact) mass is 343 g/mol. The predicted molar refractivity (Wildman–Crippen MR) is 85.1 cm³/mol.